The van der Waals surface area contributed by atoms with E-state index in [1.165, 1.54) is 0 Å². The Morgan fingerprint density at radius 2 is 2.00 bits per heavy atom. The van der Waals surface area contributed by atoms with Crippen LogP contribution < -0.4 is 5.32 Å². The fourth-order valence-electron chi connectivity index (χ4n) is 2.33. The maximum absolute atomic E-state index is 5.92. The molecule has 0 aliphatic carbocycles. The Balaban J connectivity index is 1.59. The van der Waals surface area contributed by atoms with Crippen LogP contribution in [0, 0.1) is 0 Å². The first kappa shape index (κ1) is 12.4. The van der Waals surface area contributed by atoms with Crippen molar-refractivity contribution in [3.63, 3.8) is 0 Å². The van der Waals surface area contributed by atoms with Gasteiger partial charge in [-0.25, -0.2) is 4.68 Å². The maximum Gasteiger partial charge on any atom is 0.0751 e. The van der Waals surface area contributed by atoms with Gasteiger partial charge in [0.05, 0.1) is 24.6 Å². The largest absolute Gasteiger partial charge is 0.373 e. The van der Waals surface area contributed by atoms with Crippen LogP contribution in [0.5, 0.6) is 0 Å². The van der Waals surface area contributed by atoms with Gasteiger partial charge in [0.25, 0.3) is 0 Å². The Morgan fingerprint density at radius 3 is 2.79 bits per heavy atom. The van der Waals surface area contributed by atoms with Crippen molar-refractivity contribution in [3.8, 4) is 5.69 Å². The van der Waals surface area contributed by atoms with Gasteiger partial charge in [-0.15, -0.1) is 0 Å². The van der Waals surface area contributed by atoms with Crippen LogP contribution in [-0.4, -0.2) is 29.0 Å². The summed E-state index contributed by atoms with van der Waals surface area (Å²) in [4.78, 5) is 0. The van der Waals surface area contributed by atoms with Gasteiger partial charge in [-0.2, -0.15) is 5.10 Å². The van der Waals surface area contributed by atoms with Gasteiger partial charge in [0.15, 0.2) is 0 Å². The Bertz CT molecular complexity index is 503. The zero-order valence-corrected chi connectivity index (χ0v) is 11.0. The molecule has 1 aliphatic heterocycles. The summed E-state index contributed by atoms with van der Waals surface area (Å²) in [5.41, 5.74) is 2.21. The molecule has 0 saturated carbocycles. The van der Waals surface area contributed by atoms with E-state index in [4.69, 9.17) is 4.74 Å². The highest BCUT2D eigenvalue weighted by Gasteiger charge is 2.13. The van der Waals surface area contributed by atoms with E-state index in [0.29, 0.717) is 12.7 Å². The molecule has 2 heterocycles. The zero-order valence-electron chi connectivity index (χ0n) is 11.0. The van der Waals surface area contributed by atoms with Crippen molar-refractivity contribution in [2.75, 3.05) is 13.1 Å². The van der Waals surface area contributed by atoms with Gasteiger partial charge in [-0.05, 0) is 38.1 Å². The lowest BCUT2D eigenvalue weighted by Gasteiger charge is -2.22. The van der Waals surface area contributed by atoms with Crippen molar-refractivity contribution in [1.82, 2.24) is 15.1 Å². The molecule has 1 saturated heterocycles. The third kappa shape index (κ3) is 3.22. The van der Waals surface area contributed by atoms with Crippen LogP contribution in [0.15, 0.2) is 42.7 Å². The second-order valence-corrected chi connectivity index (χ2v) is 4.89. The summed E-state index contributed by atoms with van der Waals surface area (Å²) < 4.78 is 7.81. The molecule has 3 rings (SSSR count). The molecule has 0 atom stereocenters. The predicted molar refractivity (Wildman–Crippen MR) is 74.2 cm³/mol. The molecule has 100 valence electrons. The van der Waals surface area contributed by atoms with Crippen LogP contribution in [0.3, 0.4) is 0 Å². The molecule has 4 heteroatoms. The van der Waals surface area contributed by atoms with Gasteiger partial charge in [-0.3, -0.25) is 0 Å². The van der Waals surface area contributed by atoms with Gasteiger partial charge in [0, 0.05) is 11.8 Å². The van der Waals surface area contributed by atoms with Crippen molar-refractivity contribution in [2.24, 2.45) is 0 Å². The lowest BCUT2D eigenvalue weighted by molar-refractivity contribution is 0.0212. The number of para-hydroxylation sites is 1. The molecule has 1 fully saturated rings. The van der Waals surface area contributed by atoms with Crippen molar-refractivity contribution in [3.05, 3.63) is 48.3 Å². The minimum absolute atomic E-state index is 0.390. The molecule has 0 radical (unpaired) electrons. The number of hydrogen-bond donors (Lipinski definition) is 1. The Kier molecular flexibility index (Phi) is 3.91. The predicted octanol–water partition coefficient (Wildman–Crippen LogP) is 2.14. The maximum atomic E-state index is 5.92. The van der Waals surface area contributed by atoms with E-state index < -0.39 is 0 Å². The standard InChI is InChI=1S/C15H19N3O/c1-2-4-14(5-3-1)18-11-13(10-17-18)12-19-15-6-8-16-9-7-15/h1-5,10-11,15-16H,6-9,12H2. The minimum Gasteiger partial charge on any atom is -0.373 e. The summed E-state index contributed by atoms with van der Waals surface area (Å²) >= 11 is 0. The second kappa shape index (κ2) is 5.99. The van der Waals surface area contributed by atoms with E-state index in [2.05, 4.69) is 10.4 Å². The molecule has 0 spiro atoms. The minimum atomic E-state index is 0.390. The summed E-state index contributed by atoms with van der Waals surface area (Å²) in [5.74, 6) is 0. The Morgan fingerprint density at radius 1 is 1.21 bits per heavy atom. The van der Waals surface area contributed by atoms with Gasteiger partial charge >= 0.3 is 0 Å². The number of rotatable bonds is 4. The van der Waals surface area contributed by atoms with E-state index in [-0.39, 0.29) is 0 Å². The van der Waals surface area contributed by atoms with E-state index >= 15 is 0 Å². The highest BCUT2D eigenvalue weighted by atomic mass is 16.5. The molecule has 1 aromatic carbocycles. The van der Waals surface area contributed by atoms with Crippen molar-refractivity contribution >= 4 is 0 Å². The van der Waals surface area contributed by atoms with Gasteiger partial charge < -0.3 is 10.1 Å². The highest BCUT2D eigenvalue weighted by molar-refractivity contribution is 5.30. The third-order valence-electron chi connectivity index (χ3n) is 3.43. The van der Waals surface area contributed by atoms with Crippen molar-refractivity contribution < 1.29 is 4.74 Å². The summed E-state index contributed by atoms with van der Waals surface area (Å²) in [6.07, 6.45) is 6.52. The number of piperidine rings is 1. The van der Waals surface area contributed by atoms with Gasteiger partial charge in [0.1, 0.15) is 0 Å². The smallest absolute Gasteiger partial charge is 0.0751 e. The van der Waals surface area contributed by atoms with Crippen LogP contribution in [0.4, 0.5) is 0 Å². The molecule has 0 bridgehead atoms. The van der Waals surface area contributed by atoms with E-state index in [0.717, 1.165) is 37.2 Å². The van der Waals surface area contributed by atoms with Crippen LogP contribution >= 0.6 is 0 Å². The average molecular weight is 257 g/mol. The Hall–Kier alpha value is -1.65. The van der Waals surface area contributed by atoms with Crippen LogP contribution in [0.25, 0.3) is 5.69 Å². The quantitative estimate of drug-likeness (QED) is 0.912. The summed E-state index contributed by atoms with van der Waals surface area (Å²) in [6.45, 7) is 2.78. The second-order valence-electron chi connectivity index (χ2n) is 4.89. The fourth-order valence-corrected chi connectivity index (χ4v) is 2.33. The first-order valence-electron chi connectivity index (χ1n) is 6.83. The number of aromatic nitrogens is 2. The lowest BCUT2D eigenvalue weighted by Crippen LogP contribution is -2.32. The number of hydrogen-bond acceptors (Lipinski definition) is 3. The molecule has 4 nitrogen and oxygen atoms in total. The number of nitrogens with zero attached hydrogens (tertiary/aromatic N) is 2. The lowest BCUT2D eigenvalue weighted by atomic mass is 10.1. The van der Waals surface area contributed by atoms with Gasteiger partial charge in [0.2, 0.25) is 0 Å². The van der Waals surface area contributed by atoms with Crippen molar-refractivity contribution in [1.29, 1.82) is 0 Å². The Labute approximate surface area is 113 Å². The third-order valence-corrected chi connectivity index (χ3v) is 3.43. The van der Waals surface area contributed by atoms with E-state index in [1.54, 1.807) is 0 Å². The summed E-state index contributed by atoms with van der Waals surface area (Å²) in [7, 11) is 0. The molecule has 0 unspecified atom stereocenters. The molecular weight excluding hydrogens is 238 g/mol. The van der Waals surface area contributed by atoms with Crippen molar-refractivity contribution in [2.45, 2.75) is 25.6 Å². The van der Waals surface area contributed by atoms with E-state index in [9.17, 15) is 0 Å². The monoisotopic (exact) mass is 257 g/mol. The molecule has 0 amide bonds. The van der Waals surface area contributed by atoms with Crippen LogP contribution in [0.2, 0.25) is 0 Å². The number of ether oxygens (including phenoxy) is 1. The molecule has 2 aromatic rings. The average Bonchev–Trinajstić information content (AvgIpc) is 2.96. The van der Waals surface area contributed by atoms with Gasteiger partial charge in [-0.1, -0.05) is 18.2 Å². The molecule has 1 aromatic heterocycles. The highest BCUT2D eigenvalue weighted by Crippen LogP contribution is 2.12. The summed E-state index contributed by atoms with van der Waals surface area (Å²) in [5, 5.41) is 7.72. The molecule has 1 aliphatic rings. The van der Waals surface area contributed by atoms with Crippen LogP contribution in [0.1, 0.15) is 18.4 Å². The van der Waals surface area contributed by atoms with Crippen LogP contribution in [-0.2, 0) is 11.3 Å². The molecule has 19 heavy (non-hydrogen) atoms. The normalized spacial score (nSPS) is 16.6. The topological polar surface area (TPSA) is 39.1 Å². The zero-order chi connectivity index (χ0) is 12.9. The number of benzene rings is 1. The first-order chi connectivity index (χ1) is 9.42. The number of nitrogens with one attached hydrogen (secondary N) is 1. The summed E-state index contributed by atoms with van der Waals surface area (Å²) in [6, 6.07) is 10.1. The molecule has 1 N–H and O–H groups in total. The fraction of sp³-hybridized carbons (Fsp3) is 0.400. The molecular formula is C15H19N3O. The SMILES string of the molecule is c1ccc(-n2cc(COC3CCNCC3)cn2)cc1. The van der Waals surface area contributed by atoms with E-state index in [1.807, 2.05) is 47.4 Å². The first-order valence-corrected chi connectivity index (χ1v) is 6.83.